The van der Waals surface area contributed by atoms with Crippen molar-refractivity contribution >= 4 is 21.6 Å². The van der Waals surface area contributed by atoms with Gasteiger partial charge in [0.2, 0.25) is 0 Å². The number of carbonyl (C=O) groups excluding carboxylic acids is 1. The molecule has 1 N–H and O–H groups in total. The van der Waals surface area contributed by atoms with Gasteiger partial charge in [-0.25, -0.2) is 8.42 Å². The molecule has 8 heteroatoms. The third-order valence-corrected chi connectivity index (χ3v) is 6.47. The summed E-state index contributed by atoms with van der Waals surface area (Å²) in [6.07, 6.45) is -0.325. The van der Waals surface area contributed by atoms with Gasteiger partial charge in [-0.1, -0.05) is 35.9 Å². The molecule has 1 aliphatic heterocycles. The number of amides is 1. The van der Waals surface area contributed by atoms with Crippen molar-refractivity contribution in [2.45, 2.75) is 17.9 Å². The van der Waals surface area contributed by atoms with Crippen molar-refractivity contribution in [3.8, 4) is 11.5 Å². The van der Waals surface area contributed by atoms with Crippen LogP contribution in [0, 0.1) is 6.92 Å². The number of likely N-dealkylation sites (N-methyl/N-ethyl adjacent to an activating group) is 1. The standard InChI is InChI=1S/C24H24N2O5S/c1-17-10-12-19(13-11-17)25-32(28,29)21-7-5-6-18(14-21)24(27)26(2)15-20-16-30-22-8-3-4-9-23(22)31-20/h3-14,20,25H,15-16H2,1-2H3/t20-/m1/s1. The van der Waals surface area contributed by atoms with Crippen LogP contribution in [0.25, 0.3) is 0 Å². The summed E-state index contributed by atoms with van der Waals surface area (Å²) >= 11 is 0. The lowest BCUT2D eigenvalue weighted by atomic mass is 10.2. The summed E-state index contributed by atoms with van der Waals surface area (Å²) in [6, 6.07) is 20.4. The highest BCUT2D eigenvalue weighted by molar-refractivity contribution is 7.92. The fraction of sp³-hybridized carbons (Fsp3) is 0.208. The van der Waals surface area contributed by atoms with Gasteiger partial charge < -0.3 is 14.4 Å². The first-order valence-electron chi connectivity index (χ1n) is 10.2. The number of nitrogens with one attached hydrogen (secondary N) is 1. The lowest BCUT2D eigenvalue weighted by Gasteiger charge is -2.29. The van der Waals surface area contributed by atoms with E-state index >= 15 is 0 Å². The predicted octanol–water partition coefficient (Wildman–Crippen LogP) is 3.71. The minimum absolute atomic E-state index is 0.0171. The maximum Gasteiger partial charge on any atom is 0.261 e. The van der Waals surface area contributed by atoms with Gasteiger partial charge in [0, 0.05) is 18.3 Å². The van der Waals surface area contributed by atoms with E-state index in [0.717, 1.165) is 5.56 Å². The Balaban J connectivity index is 1.45. The monoisotopic (exact) mass is 452 g/mol. The van der Waals surface area contributed by atoms with Crippen molar-refractivity contribution in [1.82, 2.24) is 4.90 Å². The minimum atomic E-state index is -3.83. The van der Waals surface area contributed by atoms with Gasteiger partial charge in [0.15, 0.2) is 17.6 Å². The highest BCUT2D eigenvalue weighted by Gasteiger charge is 2.25. The van der Waals surface area contributed by atoms with E-state index in [0.29, 0.717) is 30.3 Å². The lowest BCUT2D eigenvalue weighted by Crippen LogP contribution is -2.41. The SMILES string of the molecule is Cc1ccc(NS(=O)(=O)c2cccc(C(=O)N(C)C[C@@H]3COc4ccccc4O3)c2)cc1. The van der Waals surface area contributed by atoms with Gasteiger partial charge in [-0.2, -0.15) is 0 Å². The third-order valence-electron chi connectivity index (χ3n) is 5.09. The number of carbonyl (C=O) groups is 1. The van der Waals surface area contributed by atoms with Crippen molar-refractivity contribution in [2.75, 3.05) is 24.9 Å². The second kappa shape index (κ2) is 8.92. The molecule has 0 aromatic heterocycles. The summed E-state index contributed by atoms with van der Waals surface area (Å²) in [5, 5.41) is 0. The van der Waals surface area contributed by atoms with Crippen LogP contribution in [-0.2, 0) is 10.0 Å². The first-order chi connectivity index (χ1) is 15.3. The predicted molar refractivity (Wildman–Crippen MR) is 122 cm³/mol. The Bertz CT molecular complexity index is 1230. The van der Waals surface area contributed by atoms with Crippen molar-refractivity contribution in [1.29, 1.82) is 0 Å². The van der Waals surface area contributed by atoms with E-state index in [4.69, 9.17) is 9.47 Å². The first kappa shape index (κ1) is 21.7. The Labute approximate surface area is 187 Å². The average Bonchev–Trinajstić information content (AvgIpc) is 2.80. The van der Waals surface area contributed by atoms with Crippen LogP contribution in [-0.4, -0.2) is 45.5 Å². The number of benzene rings is 3. The lowest BCUT2D eigenvalue weighted by molar-refractivity contribution is 0.0521. The molecule has 1 heterocycles. The second-order valence-corrected chi connectivity index (χ2v) is 9.37. The molecule has 0 saturated heterocycles. The molecule has 0 bridgehead atoms. The number of hydrogen-bond acceptors (Lipinski definition) is 5. The van der Waals surface area contributed by atoms with Crippen LogP contribution < -0.4 is 14.2 Å². The normalized spacial score (nSPS) is 15.1. The smallest absolute Gasteiger partial charge is 0.261 e. The summed E-state index contributed by atoms with van der Waals surface area (Å²) in [6.45, 7) is 2.54. The van der Waals surface area contributed by atoms with Crippen molar-refractivity contribution < 1.29 is 22.7 Å². The molecule has 0 radical (unpaired) electrons. The van der Waals surface area contributed by atoms with Gasteiger partial charge in [-0.15, -0.1) is 0 Å². The first-order valence-corrected chi connectivity index (χ1v) is 11.6. The van der Waals surface area contributed by atoms with E-state index in [2.05, 4.69) is 4.72 Å². The Morgan fingerprint density at radius 1 is 1.03 bits per heavy atom. The van der Waals surface area contributed by atoms with Crippen LogP contribution in [0.2, 0.25) is 0 Å². The van der Waals surface area contributed by atoms with Crippen LogP contribution in [0.3, 0.4) is 0 Å². The third kappa shape index (κ3) is 4.86. The maximum absolute atomic E-state index is 13.0. The molecule has 0 unspecified atom stereocenters. The van der Waals surface area contributed by atoms with Gasteiger partial charge in [0.25, 0.3) is 15.9 Å². The molecular formula is C24H24N2O5S. The van der Waals surface area contributed by atoms with E-state index in [1.54, 1.807) is 31.3 Å². The number of para-hydroxylation sites is 2. The largest absolute Gasteiger partial charge is 0.486 e. The molecule has 0 aliphatic carbocycles. The molecule has 7 nitrogen and oxygen atoms in total. The summed E-state index contributed by atoms with van der Waals surface area (Å²) in [4.78, 5) is 14.5. The number of fused-ring (bicyclic) bond motifs is 1. The molecule has 3 aromatic rings. The fourth-order valence-electron chi connectivity index (χ4n) is 3.39. The second-order valence-electron chi connectivity index (χ2n) is 7.68. The van der Waals surface area contributed by atoms with Crippen molar-refractivity contribution in [2.24, 2.45) is 0 Å². The molecule has 166 valence electrons. The highest BCUT2D eigenvalue weighted by Crippen LogP contribution is 2.31. The molecular weight excluding hydrogens is 428 g/mol. The highest BCUT2D eigenvalue weighted by atomic mass is 32.2. The zero-order valence-corrected chi connectivity index (χ0v) is 18.6. The average molecular weight is 453 g/mol. The van der Waals surface area contributed by atoms with E-state index in [1.165, 1.54) is 17.0 Å². The van der Waals surface area contributed by atoms with E-state index in [-0.39, 0.29) is 22.5 Å². The number of aryl methyl sites for hydroxylation is 1. The number of sulfonamides is 1. The molecule has 3 aromatic carbocycles. The van der Waals surface area contributed by atoms with Crippen LogP contribution in [0.4, 0.5) is 5.69 Å². The van der Waals surface area contributed by atoms with E-state index in [1.807, 2.05) is 43.3 Å². The summed E-state index contributed by atoms with van der Waals surface area (Å²) < 4.78 is 39.7. The van der Waals surface area contributed by atoms with Crippen LogP contribution in [0.15, 0.2) is 77.7 Å². The topological polar surface area (TPSA) is 84.9 Å². The zero-order chi connectivity index (χ0) is 22.7. The molecule has 1 amide bonds. The van der Waals surface area contributed by atoms with Crippen LogP contribution in [0.5, 0.6) is 11.5 Å². The Kier molecular flexibility index (Phi) is 6.05. The summed E-state index contributed by atoms with van der Waals surface area (Å²) in [5.74, 6) is 1.01. The van der Waals surface area contributed by atoms with Gasteiger partial charge in [0.1, 0.15) is 6.61 Å². The molecule has 0 saturated carbocycles. The number of ether oxygens (including phenoxy) is 2. The fourth-order valence-corrected chi connectivity index (χ4v) is 4.50. The van der Waals surface area contributed by atoms with Gasteiger partial charge in [-0.05, 0) is 49.4 Å². The molecule has 32 heavy (non-hydrogen) atoms. The minimum Gasteiger partial charge on any atom is -0.486 e. The van der Waals surface area contributed by atoms with Crippen LogP contribution >= 0.6 is 0 Å². The molecule has 1 aliphatic rings. The number of nitrogens with zero attached hydrogens (tertiary/aromatic N) is 1. The Hall–Kier alpha value is -3.52. The molecule has 4 rings (SSSR count). The van der Waals surface area contributed by atoms with Gasteiger partial charge >= 0.3 is 0 Å². The Morgan fingerprint density at radius 3 is 2.50 bits per heavy atom. The van der Waals surface area contributed by atoms with E-state index < -0.39 is 10.0 Å². The zero-order valence-electron chi connectivity index (χ0n) is 17.8. The molecule has 0 spiro atoms. The summed E-state index contributed by atoms with van der Waals surface area (Å²) in [5.41, 5.74) is 1.76. The Morgan fingerprint density at radius 2 is 1.75 bits per heavy atom. The quantitative estimate of drug-likeness (QED) is 0.616. The van der Waals surface area contributed by atoms with Gasteiger partial charge in [0.05, 0.1) is 11.4 Å². The maximum atomic E-state index is 13.0. The summed E-state index contributed by atoms with van der Waals surface area (Å²) in [7, 11) is -2.18. The molecule has 1 atom stereocenters. The number of anilines is 1. The van der Waals surface area contributed by atoms with Crippen LogP contribution in [0.1, 0.15) is 15.9 Å². The number of hydrogen-bond donors (Lipinski definition) is 1. The molecule has 0 fully saturated rings. The van der Waals surface area contributed by atoms with E-state index in [9.17, 15) is 13.2 Å². The van der Waals surface area contributed by atoms with Gasteiger partial charge in [-0.3, -0.25) is 9.52 Å². The number of rotatable bonds is 6. The van der Waals surface area contributed by atoms with Crippen molar-refractivity contribution in [3.63, 3.8) is 0 Å². The van der Waals surface area contributed by atoms with Crippen molar-refractivity contribution in [3.05, 3.63) is 83.9 Å².